The zero-order valence-corrected chi connectivity index (χ0v) is 17.7. The maximum atomic E-state index is 12.7. The lowest BCUT2D eigenvalue weighted by molar-refractivity contribution is 0.134. The second-order valence-corrected chi connectivity index (χ2v) is 9.93. The predicted octanol–water partition coefficient (Wildman–Crippen LogP) is 1.82. The average molecular weight is 409 g/mol. The molecule has 7 nitrogen and oxygen atoms in total. The fraction of sp³-hybridized carbons (Fsp3) is 0.650. The number of carbonyl (C=O) groups excluding carboxylic acids is 1. The third-order valence-electron chi connectivity index (χ3n) is 5.73. The van der Waals surface area contributed by atoms with E-state index in [0.717, 1.165) is 19.5 Å². The van der Waals surface area contributed by atoms with Crippen molar-refractivity contribution in [1.82, 2.24) is 19.4 Å². The summed E-state index contributed by atoms with van der Waals surface area (Å²) in [6.07, 6.45) is 2.32. The molecule has 1 aromatic rings. The molecule has 0 aromatic heterocycles. The lowest BCUT2D eigenvalue weighted by atomic mass is 9.97. The minimum atomic E-state index is -3.49. The molecule has 0 bridgehead atoms. The molecule has 1 aromatic carbocycles. The molecule has 8 heteroatoms. The summed E-state index contributed by atoms with van der Waals surface area (Å²) < 4.78 is 26.8. The van der Waals surface area contributed by atoms with Crippen molar-refractivity contribution in [3.8, 4) is 0 Å². The molecule has 1 atom stereocenters. The highest BCUT2D eigenvalue weighted by Crippen LogP contribution is 2.19. The first-order valence-corrected chi connectivity index (χ1v) is 11.6. The standard InChI is InChI=1S/C20H32N4O3S/c1-17(2)23-10-6-7-18(16-23)15-21-20(25)22-11-13-24(14-12-22)28(26,27)19-8-4-3-5-9-19/h3-5,8-9,17-18H,6-7,10-16H2,1-2H3,(H,21,25). The third-order valence-corrected chi connectivity index (χ3v) is 7.64. The number of amides is 2. The normalized spacial score (nSPS) is 22.4. The summed E-state index contributed by atoms with van der Waals surface area (Å²) in [6.45, 7) is 8.77. The first-order valence-electron chi connectivity index (χ1n) is 10.2. The molecular formula is C20H32N4O3S. The van der Waals surface area contributed by atoms with Gasteiger partial charge in [0.2, 0.25) is 10.0 Å². The molecule has 156 valence electrons. The van der Waals surface area contributed by atoms with Crippen LogP contribution in [0, 0.1) is 5.92 Å². The van der Waals surface area contributed by atoms with Crippen molar-refractivity contribution in [3.63, 3.8) is 0 Å². The zero-order valence-electron chi connectivity index (χ0n) is 16.9. The molecule has 2 heterocycles. The Labute approximate surface area is 168 Å². The molecule has 2 fully saturated rings. The number of hydrogen-bond donors (Lipinski definition) is 1. The van der Waals surface area contributed by atoms with E-state index < -0.39 is 10.0 Å². The minimum absolute atomic E-state index is 0.0848. The van der Waals surface area contributed by atoms with Crippen LogP contribution in [0.3, 0.4) is 0 Å². The highest BCUT2D eigenvalue weighted by molar-refractivity contribution is 7.89. The van der Waals surface area contributed by atoms with Gasteiger partial charge in [-0.25, -0.2) is 13.2 Å². The van der Waals surface area contributed by atoms with Gasteiger partial charge in [0.05, 0.1) is 4.90 Å². The maximum Gasteiger partial charge on any atom is 0.317 e. The Bertz CT molecular complexity index is 746. The number of nitrogens with zero attached hydrogens (tertiary/aromatic N) is 3. The Morgan fingerprint density at radius 3 is 2.43 bits per heavy atom. The van der Waals surface area contributed by atoms with Crippen LogP contribution in [0.2, 0.25) is 0 Å². The topological polar surface area (TPSA) is 73.0 Å². The van der Waals surface area contributed by atoms with Gasteiger partial charge in [-0.15, -0.1) is 0 Å². The van der Waals surface area contributed by atoms with Crippen molar-refractivity contribution in [3.05, 3.63) is 30.3 Å². The number of hydrogen-bond acceptors (Lipinski definition) is 4. The number of rotatable bonds is 5. The van der Waals surface area contributed by atoms with Gasteiger partial charge in [0.15, 0.2) is 0 Å². The molecule has 2 saturated heterocycles. The third kappa shape index (κ3) is 5.04. The minimum Gasteiger partial charge on any atom is -0.338 e. The van der Waals surface area contributed by atoms with Crippen LogP contribution in [-0.2, 0) is 10.0 Å². The molecule has 0 saturated carbocycles. The van der Waals surface area contributed by atoms with Gasteiger partial charge in [-0.3, -0.25) is 0 Å². The average Bonchev–Trinajstić information content (AvgIpc) is 2.73. The number of benzene rings is 1. The highest BCUT2D eigenvalue weighted by Gasteiger charge is 2.30. The van der Waals surface area contributed by atoms with Crippen LogP contribution in [-0.4, -0.2) is 80.4 Å². The van der Waals surface area contributed by atoms with E-state index in [9.17, 15) is 13.2 Å². The van der Waals surface area contributed by atoms with Crippen LogP contribution in [0.5, 0.6) is 0 Å². The lowest BCUT2D eigenvalue weighted by Gasteiger charge is -2.37. The van der Waals surface area contributed by atoms with Gasteiger partial charge in [-0.05, 0) is 51.3 Å². The molecule has 0 radical (unpaired) electrons. The number of nitrogens with one attached hydrogen (secondary N) is 1. The first kappa shape index (κ1) is 21.1. The quantitative estimate of drug-likeness (QED) is 0.807. The van der Waals surface area contributed by atoms with E-state index in [1.54, 1.807) is 35.2 Å². The van der Waals surface area contributed by atoms with E-state index in [1.807, 2.05) is 0 Å². The second kappa shape index (κ2) is 9.24. The van der Waals surface area contributed by atoms with Crippen LogP contribution in [0.15, 0.2) is 35.2 Å². The summed E-state index contributed by atoms with van der Waals surface area (Å²) in [5.41, 5.74) is 0. The van der Waals surface area contributed by atoms with Gasteiger partial charge in [0.1, 0.15) is 0 Å². The van der Waals surface area contributed by atoms with Crippen molar-refractivity contribution in [2.45, 2.75) is 37.6 Å². The number of piperazine rings is 1. The van der Waals surface area contributed by atoms with E-state index in [1.165, 1.54) is 10.7 Å². The molecule has 2 amide bonds. The summed E-state index contributed by atoms with van der Waals surface area (Å²) in [6, 6.07) is 8.92. The Kier molecular flexibility index (Phi) is 6.95. The monoisotopic (exact) mass is 408 g/mol. The molecule has 2 aliphatic rings. The predicted molar refractivity (Wildman–Crippen MR) is 110 cm³/mol. The van der Waals surface area contributed by atoms with Crippen molar-refractivity contribution >= 4 is 16.1 Å². The van der Waals surface area contributed by atoms with E-state index in [0.29, 0.717) is 49.6 Å². The van der Waals surface area contributed by atoms with Crippen molar-refractivity contribution in [1.29, 1.82) is 0 Å². The molecule has 1 N–H and O–H groups in total. The number of carbonyl (C=O) groups is 1. The fourth-order valence-electron chi connectivity index (χ4n) is 3.95. The Balaban J connectivity index is 1.46. The van der Waals surface area contributed by atoms with Crippen LogP contribution in [0.1, 0.15) is 26.7 Å². The van der Waals surface area contributed by atoms with E-state index in [4.69, 9.17) is 0 Å². The molecule has 3 rings (SSSR count). The number of sulfonamides is 1. The second-order valence-electron chi connectivity index (χ2n) is 7.99. The Morgan fingerprint density at radius 2 is 1.79 bits per heavy atom. The fourth-order valence-corrected chi connectivity index (χ4v) is 5.39. The Morgan fingerprint density at radius 1 is 1.11 bits per heavy atom. The molecule has 1 unspecified atom stereocenters. The number of likely N-dealkylation sites (tertiary alicyclic amines) is 1. The number of urea groups is 1. The smallest absolute Gasteiger partial charge is 0.317 e. The lowest BCUT2D eigenvalue weighted by Crippen LogP contribution is -2.54. The first-order chi connectivity index (χ1) is 13.4. The molecule has 0 spiro atoms. The van der Waals surface area contributed by atoms with E-state index >= 15 is 0 Å². The molecule has 2 aliphatic heterocycles. The van der Waals surface area contributed by atoms with Crippen molar-refractivity contribution in [2.75, 3.05) is 45.8 Å². The van der Waals surface area contributed by atoms with Crippen LogP contribution in [0.4, 0.5) is 4.79 Å². The summed E-state index contributed by atoms with van der Waals surface area (Å²) >= 11 is 0. The molecular weight excluding hydrogens is 376 g/mol. The maximum absolute atomic E-state index is 12.7. The van der Waals surface area contributed by atoms with E-state index in [2.05, 4.69) is 24.1 Å². The van der Waals surface area contributed by atoms with Gasteiger partial charge >= 0.3 is 6.03 Å². The largest absolute Gasteiger partial charge is 0.338 e. The zero-order chi connectivity index (χ0) is 20.1. The summed E-state index contributed by atoms with van der Waals surface area (Å²) in [5, 5.41) is 3.06. The molecule has 0 aliphatic carbocycles. The van der Waals surface area contributed by atoms with Crippen LogP contribution < -0.4 is 5.32 Å². The Hall–Kier alpha value is -1.64. The van der Waals surface area contributed by atoms with Crippen molar-refractivity contribution < 1.29 is 13.2 Å². The summed E-state index contributed by atoms with van der Waals surface area (Å²) in [4.78, 5) is 17.0. The molecule has 28 heavy (non-hydrogen) atoms. The van der Waals surface area contributed by atoms with Gasteiger partial charge in [-0.2, -0.15) is 4.31 Å². The summed E-state index contributed by atoms with van der Waals surface area (Å²) in [5.74, 6) is 0.486. The highest BCUT2D eigenvalue weighted by atomic mass is 32.2. The number of piperidine rings is 1. The van der Waals surface area contributed by atoms with Gasteiger partial charge in [0, 0.05) is 45.3 Å². The van der Waals surface area contributed by atoms with Crippen molar-refractivity contribution in [2.24, 2.45) is 5.92 Å². The van der Waals surface area contributed by atoms with Gasteiger partial charge < -0.3 is 15.1 Å². The van der Waals surface area contributed by atoms with Gasteiger partial charge in [-0.1, -0.05) is 18.2 Å². The summed E-state index contributed by atoms with van der Waals surface area (Å²) in [7, 11) is -3.49. The van der Waals surface area contributed by atoms with E-state index in [-0.39, 0.29) is 6.03 Å². The van der Waals surface area contributed by atoms with Crippen LogP contribution >= 0.6 is 0 Å². The van der Waals surface area contributed by atoms with Crippen LogP contribution in [0.25, 0.3) is 0 Å². The van der Waals surface area contributed by atoms with Gasteiger partial charge in [0.25, 0.3) is 0 Å². The SMILES string of the molecule is CC(C)N1CCCC(CNC(=O)N2CCN(S(=O)(=O)c3ccccc3)CC2)C1.